The van der Waals surface area contributed by atoms with E-state index in [2.05, 4.69) is 5.32 Å². The molecular weight excluding hydrogens is 392 g/mol. The van der Waals surface area contributed by atoms with Crippen LogP contribution in [0.1, 0.15) is 18.9 Å². The van der Waals surface area contributed by atoms with Crippen molar-refractivity contribution in [3.8, 4) is 0 Å². The van der Waals surface area contributed by atoms with Gasteiger partial charge in [0.25, 0.3) is 20.1 Å². The highest BCUT2D eigenvalue weighted by Crippen LogP contribution is 2.18. The molecule has 2 amide bonds. The zero-order chi connectivity index (χ0) is 20.1. The molecule has 27 heavy (non-hydrogen) atoms. The standard InChI is InChI=1S/C17H20N2O6S2/c1-3-11-25-27(23,24)16-6-4-5-14(12-16)18-17(20)19-26(21,22)15-9-7-13(2)8-10-15/h4-10,12H,3,11H2,1-2H3,(H2,18,19,20). The Hall–Kier alpha value is -2.43. The smallest absolute Gasteiger partial charge is 0.307 e. The van der Waals surface area contributed by atoms with Crippen LogP contribution in [-0.4, -0.2) is 29.5 Å². The number of amides is 2. The molecule has 0 aliphatic rings. The lowest BCUT2D eigenvalue weighted by molar-refractivity contribution is 0.256. The van der Waals surface area contributed by atoms with Gasteiger partial charge in [-0.3, -0.25) is 4.18 Å². The molecule has 0 aliphatic heterocycles. The van der Waals surface area contributed by atoms with Crippen LogP contribution >= 0.6 is 0 Å². The Labute approximate surface area is 158 Å². The fraction of sp³-hybridized carbons (Fsp3) is 0.235. The lowest BCUT2D eigenvalue weighted by Crippen LogP contribution is -2.34. The number of sulfonamides is 1. The van der Waals surface area contributed by atoms with Crippen LogP contribution in [-0.2, 0) is 24.3 Å². The highest BCUT2D eigenvalue weighted by Gasteiger charge is 2.19. The van der Waals surface area contributed by atoms with E-state index in [0.717, 1.165) is 5.56 Å². The van der Waals surface area contributed by atoms with Gasteiger partial charge in [0.15, 0.2) is 0 Å². The van der Waals surface area contributed by atoms with Gasteiger partial charge in [-0.1, -0.05) is 30.7 Å². The number of urea groups is 1. The Kier molecular flexibility index (Phi) is 6.58. The van der Waals surface area contributed by atoms with Crippen LogP contribution in [0, 0.1) is 6.92 Å². The maximum absolute atomic E-state index is 12.2. The lowest BCUT2D eigenvalue weighted by atomic mass is 10.2. The van der Waals surface area contributed by atoms with Gasteiger partial charge in [-0.25, -0.2) is 17.9 Å². The third kappa shape index (κ3) is 5.78. The van der Waals surface area contributed by atoms with Gasteiger partial charge >= 0.3 is 6.03 Å². The number of benzene rings is 2. The Morgan fingerprint density at radius 1 is 1.00 bits per heavy atom. The maximum atomic E-state index is 12.2. The van der Waals surface area contributed by atoms with Crippen molar-refractivity contribution in [1.29, 1.82) is 0 Å². The zero-order valence-corrected chi connectivity index (χ0v) is 16.4. The molecule has 0 aliphatic carbocycles. The van der Waals surface area contributed by atoms with E-state index >= 15 is 0 Å². The van der Waals surface area contributed by atoms with Gasteiger partial charge in [0.05, 0.1) is 16.4 Å². The number of rotatable bonds is 7. The second kappa shape index (κ2) is 8.51. The van der Waals surface area contributed by atoms with Gasteiger partial charge in [-0.05, 0) is 43.7 Å². The van der Waals surface area contributed by atoms with Crippen molar-refractivity contribution in [2.75, 3.05) is 11.9 Å². The van der Waals surface area contributed by atoms with Crippen molar-refractivity contribution in [3.05, 3.63) is 54.1 Å². The molecule has 2 aromatic carbocycles. The van der Waals surface area contributed by atoms with Crippen molar-refractivity contribution < 1.29 is 25.8 Å². The van der Waals surface area contributed by atoms with Crippen LogP contribution in [0.2, 0.25) is 0 Å². The summed E-state index contributed by atoms with van der Waals surface area (Å²) in [5, 5.41) is 2.30. The first-order valence-corrected chi connectivity index (χ1v) is 10.9. The van der Waals surface area contributed by atoms with Crippen LogP contribution < -0.4 is 10.0 Å². The quantitative estimate of drug-likeness (QED) is 0.675. The van der Waals surface area contributed by atoms with Gasteiger partial charge in [-0.15, -0.1) is 0 Å². The van der Waals surface area contributed by atoms with Crippen molar-refractivity contribution in [3.63, 3.8) is 0 Å². The summed E-state index contributed by atoms with van der Waals surface area (Å²) in [7, 11) is -8.00. The number of nitrogens with one attached hydrogen (secondary N) is 2. The highest BCUT2D eigenvalue weighted by molar-refractivity contribution is 7.90. The van der Waals surface area contributed by atoms with Gasteiger partial charge in [0.1, 0.15) is 0 Å². The van der Waals surface area contributed by atoms with Crippen LogP contribution in [0.4, 0.5) is 10.5 Å². The summed E-state index contributed by atoms with van der Waals surface area (Å²) >= 11 is 0. The summed E-state index contributed by atoms with van der Waals surface area (Å²) in [5.74, 6) is 0. The third-order valence-corrected chi connectivity index (χ3v) is 6.04. The SMILES string of the molecule is CCCOS(=O)(=O)c1cccc(NC(=O)NS(=O)(=O)c2ccc(C)cc2)c1. The Morgan fingerprint density at radius 3 is 2.30 bits per heavy atom. The van der Waals surface area contributed by atoms with Crippen molar-refractivity contribution in [2.24, 2.45) is 0 Å². The Morgan fingerprint density at radius 2 is 1.67 bits per heavy atom. The van der Waals surface area contributed by atoms with Crippen LogP contribution in [0.25, 0.3) is 0 Å². The summed E-state index contributed by atoms with van der Waals surface area (Å²) in [6, 6.07) is 10.3. The molecule has 146 valence electrons. The third-order valence-electron chi connectivity index (χ3n) is 3.38. The van der Waals surface area contributed by atoms with Gasteiger partial charge in [0, 0.05) is 5.69 Å². The molecule has 2 rings (SSSR count). The van der Waals surface area contributed by atoms with E-state index in [1.54, 1.807) is 19.1 Å². The number of anilines is 1. The van der Waals surface area contributed by atoms with E-state index in [-0.39, 0.29) is 22.1 Å². The number of carbonyl (C=O) groups is 1. The molecule has 10 heteroatoms. The topological polar surface area (TPSA) is 119 Å². The monoisotopic (exact) mass is 412 g/mol. The van der Waals surface area contributed by atoms with Crippen LogP contribution in [0.5, 0.6) is 0 Å². The average molecular weight is 412 g/mol. The Balaban J connectivity index is 2.12. The van der Waals surface area contributed by atoms with Gasteiger partial charge < -0.3 is 5.32 Å². The minimum Gasteiger partial charge on any atom is -0.307 e. The molecule has 0 aromatic heterocycles. The van der Waals surface area contributed by atoms with Gasteiger partial charge in [0.2, 0.25) is 0 Å². The minimum atomic E-state index is -4.05. The second-order valence-corrected chi connectivity index (χ2v) is 8.97. The Bertz CT molecular complexity index is 1020. The molecule has 0 saturated heterocycles. The predicted molar refractivity (Wildman–Crippen MR) is 100 cm³/mol. The molecule has 0 saturated carbocycles. The van der Waals surface area contributed by atoms with Gasteiger partial charge in [-0.2, -0.15) is 8.42 Å². The number of hydrogen-bond acceptors (Lipinski definition) is 6. The van der Waals surface area contributed by atoms with Crippen LogP contribution in [0.3, 0.4) is 0 Å². The number of hydrogen-bond donors (Lipinski definition) is 2. The molecule has 0 bridgehead atoms. The molecule has 0 fully saturated rings. The minimum absolute atomic E-state index is 0.0370. The molecule has 0 radical (unpaired) electrons. The number of aryl methyl sites for hydroxylation is 1. The highest BCUT2D eigenvalue weighted by atomic mass is 32.2. The summed E-state index contributed by atoms with van der Waals surface area (Å²) in [6.45, 7) is 3.61. The maximum Gasteiger partial charge on any atom is 0.333 e. The second-order valence-electron chi connectivity index (χ2n) is 5.68. The fourth-order valence-electron chi connectivity index (χ4n) is 2.05. The van der Waals surface area contributed by atoms with E-state index in [1.165, 1.54) is 36.4 Å². The molecule has 2 aromatic rings. The fourth-order valence-corrected chi connectivity index (χ4v) is 3.99. The average Bonchev–Trinajstić information content (AvgIpc) is 2.60. The van der Waals surface area contributed by atoms with E-state index < -0.39 is 26.2 Å². The summed E-state index contributed by atoms with van der Waals surface area (Å²) < 4.78 is 55.1. The molecule has 0 spiro atoms. The van der Waals surface area contributed by atoms with E-state index in [1.807, 2.05) is 11.6 Å². The lowest BCUT2D eigenvalue weighted by Gasteiger charge is -2.10. The normalized spacial score (nSPS) is 11.8. The van der Waals surface area contributed by atoms with Crippen LogP contribution in [0.15, 0.2) is 58.3 Å². The van der Waals surface area contributed by atoms with E-state index in [9.17, 15) is 21.6 Å². The van der Waals surface area contributed by atoms with Crippen molar-refractivity contribution >= 4 is 31.9 Å². The van der Waals surface area contributed by atoms with E-state index in [4.69, 9.17) is 4.18 Å². The first kappa shape index (κ1) is 20.9. The first-order valence-electron chi connectivity index (χ1n) is 8.04. The van der Waals surface area contributed by atoms with Crippen molar-refractivity contribution in [1.82, 2.24) is 4.72 Å². The molecular formula is C17H20N2O6S2. The predicted octanol–water partition coefficient (Wildman–Crippen LogP) is 2.62. The number of carbonyl (C=O) groups excluding carboxylic acids is 1. The largest absolute Gasteiger partial charge is 0.333 e. The molecule has 0 unspecified atom stereocenters. The summed E-state index contributed by atoms with van der Waals surface area (Å²) in [4.78, 5) is 11.8. The van der Waals surface area contributed by atoms with E-state index in [0.29, 0.717) is 6.42 Å². The molecule has 8 nitrogen and oxygen atoms in total. The first-order chi connectivity index (χ1) is 12.6. The summed E-state index contributed by atoms with van der Waals surface area (Å²) in [6.07, 6.45) is 0.524. The molecule has 0 heterocycles. The molecule has 0 atom stereocenters. The van der Waals surface area contributed by atoms with Crippen molar-refractivity contribution in [2.45, 2.75) is 30.1 Å². The zero-order valence-electron chi connectivity index (χ0n) is 14.8. The summed E-state index contributed by atoms with van der Waals surface area (Å²) in [5.41, 5.74) is 0.981. The molecule has 2 N–H and O–H groups in total.